The highest BCUT2D eigenvalue weighted by Gasteiger charge is 2.01. The molecule has 2 aromatic rings. The molecule has 0 saturated heterocycles. The van der Waals surface area contributed by atoms with Gasteiger partial charge in [-0.3, -0.25) is 5.43 Å². The van der Waals surface area contributed by atoms with E-state index in [-0.39, 0.29) is 11.5 Å². The fourth-order valence-electron chi connectivity index (χ4n) is 1.54. The molecule has 0 bridgehead atoms. The number of hydrogen-bond donors (Lipinski definition) is 3. The fraction of sp³-hybridized carbons (Fsp3) is 0.0714. The molecule has 0 saturated carbocycles. The van der Waals surface area contributed by atoms with E-state index in [4.69, 9.17) is 16.3 Å². The smallest absolute Gasteiger partial charge is 0.158 e. The molecule has 0 aliphatic carbocycles. The van der Waals surface area contributed by atoms with Gasteiger partial charge in [0.05, 0.1) is 24.0 Å². The Balaban J connectivity index is 2.06. The monoisotopic (exact) mass is 292 g/mol. The number of hydrogen-bond acceptors (Lipinski definition) is 5. The van der Waals surface area contributed by atoms with Gasteiger partial charge in [-0.25, -0.2) is 0 Å². The van der Waals surface area contributed by atoms with Crippen molar-refractivity contribution in [3.05, 3.63) is 47.0 Å². The van der Waals surface area contributed by atoms with Crippen LogP contribution in [0.5, 0.6) is 17.2 Å². The van der Waals surface area contributed by atoms with E-state index in [0.717, 1.165) is 0 Å². The van der Waals surface area contributed by atoms with Crippen LogP contribution in [0.3, 0.4) is 0 Å². The molecule has 0 spiro atoms. The topological polar surface area (TPSA) is 74.1 Å². The van der Waals surface area contributed by atoms with Crippen molar-refractivity contribution in [2.24, 2.45) is 5.10 Å². The lowest BCUT2D eigenvalue weighted by molar-refractivity contribution is 0.403. The van der Waals surface area contributed by atoms with E-state index in [1.165, 1.54) is 18.3 Å². The standard InChI is InChI=1S/C14H13ClN2O3/c1-20-14-5-3-10(7-11(14)15)17-16-8-9-2-4-12(18)13(19)6-9/h2-8,17-19H,1H3/b16-8+. The zero-order chi connectivity index (χ0) is 14.5. The molecule has 0 heterocycles. The molecule has 20 heavy (non-hydrogen) atoms. The number of aromatic hydroxyl groups is 2. The first kappa shape index (κ1) is 14.0. The van der Waals surface area contributed by atoms with Gasteiger partial charge in [0.15, 0.2) is 11.5 Å². The quantitative estimate of drug-likeness (QED) is 0.459. The maximum absolute atomic E-state index is 9.35. The van der Waals surface area contributed by atoms with Gasteiger partial charge in [0.2, 0.25) is 0 Å². The van der Waals surface area contributed by atoms with Crippen LogP contribution in [0.25, 0.3) is 0 Å². The summed E-state index contributed by atoms with van der Waals surface area (Å²) in [5, 5.41) is 23.0. The average Bonchev–Trinajstić information content (AvgIpc) is 2.43. The third kappa shape index (κ3) is 3.33. The molecule has 0 amide bonds. The van der Waals surface area contributed by atoms with E-state index in [1.54, 1.807) is 31.4 Å². The maximum Gasteiger partial charge on any atom is 0.158 e. The molecule has 0 aromatic heterocycles. The molecule has 0 atom stereocenters. The molecule has 0 fully saturated rings. The number of phenolic OH excluding ortho intramolecular Hbond substituents is 2. The second kappa shape index (κ2) is 6.16. The molecular weight excluding hydrogens is 280 g/mol. The molecule has 0 aliphatic heterocycles. The molecule has 6 heteroatoms. The van der Waals surface area contributed by atoms with E-state index in [0.29, 0.717) is 22.0 Å². The van der Waals surface area contributed by atoms with Crippen LogP contribution in [-0.4, -0.2) is 23.5 Å². The zero-order valence-electron chi connectivity index (χ0n) is 10.7. The normalized spacial score (nSPS) is 10.7. The van der Waals surface area contributed by atoms with Crippen LogP contribution in [0.15, 0.2) is 41.5 Å². The number of anilines is 1. The van der Waals surface area contributed by atoms with Crippen LogP contribution in [0.4, 0.5) is 5.69 Å². The number of nitrogens with zero attached hydrogens (tertiary/aromatic N) is 1. The number of hydrazone groups is 1. The highest BCUT2D eigenvalue weighted by atomic mass is 35.5. The minimum absolute atomic E-state index is 0.169. The summed E-state index contributed by atoms with van der Waals surface area (Å²) in [6, 6.07) is 9.61. The van der Waals surface area contributed by atoms with Crippen molar-refractivity contribution in [2.75, 3.05) is 12.5 Å². The SMILES string of the molecule is COc1ccc(N/N=C/c2ccc(O)c(O)c2)cc1Cl. The van der Waals surface area contributed by atoms with Crippen LogP contribution >= 0.6 is 11.6 Å². The lowest BCUT2D eigenvalue weighted by Gasteiger charge is -2.05. The van der Waals surface area contributed by atoms with Gasteiger partial charge in [-0.2, -0.15) is 5.10 Å². The first-order valence-corrected chi connectivity index (χ1v) is 6.12. The van der Waals surface area contributed by atoms with Crippen molar-refractivity contribution < 1.29 is 14.9 Å². The molecule has 2 rings (SSSR count). The highest BCUT2D eigenvalue weighted by Crippen LogP contribution is 2.27. The van der Waals surface area contributed by atoms with Gasteiger partial charge in [-0.1, -0.05) is 11.6 Å². The Kier molecular flexibility index (Phi) is 4.32. The molecule has 0 aliphatic rings. The van der Waals surface area contributed by atoms with Crippen LogP contribution in [-0.2, 0) is 0 Å². The molecule has 5 nitrogen and oxygen atoms in total. The van der Waals surface area contributed by atoms with Gasteiger partial charge >= 0.3 is 0 Å². The summed E-state index contributed by atoms with van der Waals surface area (Å²) in [6.07, 6.45) is 1.51. The van der Waals surface area contributed by atoms with Crippen LogP contribution in [0, 0.1) is 0 Å². The number of nitrogens with one attached hydrogen (secondary N) is 1. The number of halogens is 1. The van der Waals surface area contributed by atoms with E-state index >= 15 is 0 Å². The number of methoxy groups -OCH3 is 1. The van der Waals surface area contributed by atoms with Gasteiger partial charge in [-0.05, 0) is 42.0 Å². The van der Waals surface area contributed by atoms with Crippen molar-refractivity contribution in [3.8, 4) is 17.2 Å². The van der Waals surface area contributed by atoms with E-state index in [1.807, 2.05) is 0 Å². The summed E-state index contributed by atoms with van der Waals surface area (Å²) in [6.45, 7) is 0. The van der Waals surface area contributed by atoms with E-state index in [2.05, 4.69) is 10.5 Å². The number of ether oxygens (including phenoxy) is 1. The fourth-order valence-corrected chi connectivity index (χ4v) is 1.80. The van der Waals surface area contributed by atoms with Crippen molar-refractivity contribution in [3.63, 3.8) is 0 Å². The molecule has 0 unspecified atom stereocenters. The first-order valence-electron chi connectivity index (χ1n) is 5.75. The second-order valence-electron chi connectivity index (χ2n) is 3.97. The van der Waals surface area contributed by atoms with E-state index < -0.39 is 0 Å². The highest BCUT2D eigenvalue weighted by molar-refractivity contribution is 6.32. The van der Waals surface area contributed by atoms with Crippen molar-refractivity contribution >= 4 is 23.5 Å². The second-order valence-corrected chi connectivity index (χ2v) is 4.37. The third-order valence-electron chi connectivity index (χ3n) is 2.56. The van der Waals surface area contributed by atoms with Gasteiger partial charge in [0.1, 0.15) is 5.75 Å². The first-order chi connectivity index (χ1) is 9.60. The Hall–Kier alpha value is -2.40. The Bertz CT molecular complexity index is 644. The Labute approximate surface area is 121 Å². The summed E-state index contributed by atoms with van der Waals surface area (Å²) >= 11 is 5.99. The van der Waals surface area contributed by atoms with Crippen LogP contribution in [0.2, 0.25) is 5.02 Å². The van der Waals surface area contributed by atoms with Crippen LogP contribution in [0.1, 0.15) is 5.56 Å². The summed E-state index contributed by atoms with van der Waals surface area (Å²) < 4.78 is 5.05. The summed E-state index contributed by atoms with van der Waals surface area (Å²) in [5.41, 5.74) is 4.15. The molecule has 2 aromatic carbocycles. The van der Waals surface area contributed by atoms with Gasteiger partial charge in [0.25, 0.3) is 0 Å². The van der Waals surface area contributed by atoms with Crippen molar-refractivity contribution in [1.82, 2.24) is 0 Å². The van der Waals surface area contributed by atoms with Gasteiger partial charge in [0, 0.05) is 0 Å². The third-order valence-corrected chi connectivity index (χ3v) is 2.85. The number of phenols is 2. The maximum atomic E-state index is 9.35. The Morgan fingerprint density at radius 3 is 2.60 bits per heavy atom. The summed E-state index contributed by atoms with van der Waals surface area (Å²) in [5.74, 6) is 0.225. The van der Waals surface area contributed by atoms with Crippen molar-refractivity contribution in [2.45, 2.75) is 0 Å². The van der Waals surface area contributed by atoms with E-state index in [9.17, 15) is 10.2 Å². The predicted molar refractivity (Wildman–Crippen MR) is 79.0 cm³/mol. The molecule has 104 valence electrons. The summed E-state index contributed by atoms with van der Waals surface area (Å²) in [7, 11) is 1.55. The number of rotatable bonds is 4. The lowest BCUT2D eigenvalue weighted by Crippen LogP contribution is -1.91. The minimum Gasteiger partial charge on any atom is -0.504 e. The Morgan fingerprint density at radius 1 is 1.15 bits per heavy atom. The lowest BCUT2D eigenvalue weighted by atomic mass is 10.2. The van der Waals surface area contributed by atoms with Crippen LogP contribution < -0.4 is 10.2 Å². The number of benzene rings is 2. The van der Waals surface area contributed by atoms with Crippen molar-refractivity contribution in [1.29, 1.82) is 0 Å². The average molecular weight is 293 g/mol. The zero-order valence-corrected chi connectivity index (χ0v) is 11.4. The van der Waals surface area contributed by atoms with Gasteiger partial charge < -0.3 is 14.9 Å². The predicted octanol–water partition coefficient (Wildman–Crippen LogP) is 3.21. The molecule has 0 radical (unpaired) electrons. The minimum atomic E-state index is -0.193. The molecular formula is C14H13ClN2O3. The summed E-state index contributed by atoms with van der Waals surface area (Å²) in [4.78, 5) is 0. The Morgan fingerprint density at radius 2 is 1.95 bits per heavy atom. The largest absolute Gasteiger partial charge is 0.504 e. The molecule has 3 N–H and O–H groups in total. The van der Waals surface area contributed by atoms with Gasteiger partial charge in [-0.15, -0.1) is 0 Å².